The highest BCUT2D eigenvalue weighted by Crippen LogP contribution is 2.43. The third-order valence-electron chi connectivity index (χ3n) is 4.94. The Morgan fingerprint density at radius 1 is 1.29 bits per heavy atom. The van der Waals surface area contributed by atoms with E-state index in [4.69, 9.17) is 24.7 Å². The molecule has 2 aliphatic rings. The molecule has 0 radical (unpaired) electrons. The number of rotatable bonds is 4. The van der Waals surface area contributed by atoms with Crippen molar-refractivity contribution in [1.29, 1.82) is 5.26 Å². The molecule has 0 saturated heterocycles. The van der Waals surface area contributed by atoms with Crippen LogP contribution in [0.5, 0.6) is 17.2 Å². The maximum atomic E-state index is 13.3. The van der Waals surface area contributed by atoms with Crippen molar-refractivity contribution in [2.75, 3.05) is 20.5 Å². The number of aryl methyl sites for hydroxylation is 1. The van der Waals surface area contributed by atoms with Gasteiger partial charge in [-0.25, -0.2) is 0 Å². The summed E-state index contributed by atoms with van der Waals surface area (Å²) < 4.78 is 23.2. The number of ether oxygens (including phenoxy) is 4. The van der Waals surface area contributed by atoms with Gasteiger partial charge in [0, 0.05) is 25.4 Å². The zero-order valence-corrected chi connectivity index (χ0v) is 15.5. The molecule has 8 heteroatoms. The number of hydrogen-bond acceptors (Lipinski definition) is 7. The van der Waals surface area contributed by atoms with Gasteiger partial charge in [-0.05, 0) is 24.6 Å². The summed E-state index contributed by atoms with van der Waals surface area (Å²) in [4.78, 5) is 13.3. The molecule has 0 fully saturated rings. The van der Waals surface area contributed by atoms with E-state index in [1.807, 2.05) is 6.92 Å². The predicted octanol–water partition coefficient (Wildman–Crippen LogP) is 1.75. The summed E-state index contributed by atoms with van der Waals surface area (Å²) in [6.45, 7) is 2.73. The molecule has 2 aromatic rings. The second-order valence-electron chi connectivity index (χ2n) is 6.55. The van der Waals surface area contributed by atoms with Crippen molar-refractivity contribution >= 4 is 0 Å². The number of methoxy groups -OCH3 is 1. The molecule has 28 heavy (non-hydrogen) atoms. The summed E-state index contributed by atoms with van der Waals surface area (Å²) in [5, 5.41) is 9.72. The van der Waals surface area contributed by atoms with E-state index in [0.717, 1.165) is 5.69 Å². The van der Waals surface area contributed by atoms with Crippen LogP contribution < -0.4 is 25.5 Å². The first-order valence-electron chi connectivity index (χ1n) is 8.75. The standard InChI is InChI=1S/C20H19N3O5/c1-11-7-16-18(20(24)23(11)5-6-25-2)17(13(9-21)19(22)28-16)12-3-4-14-15(8-12)27-10-26-14/h3-4,7-8,17H,5-6,10,22H2,1-2H3/t17-/m1/s1. The first kappa shape index (κ1) is 17.9. The van der Waals surface area contributed by atoms with Gasteiger partial charge in [-0.1, -0.05) is 6.07 Å². The highest BCUT2D eigenvalue weighted by molar-refractivity contribution is 5.57. The van der Waals surface area contributed by atoms with Crippen LogP contribution in [0.2, 0.25) is 0 Å². The molecule has 144 valence electrons. The summed E-state index contributed by atoms with van der Waals surface area (Å²) >= 11 is 0. The van der Waals surface area contributed by atoms with Crippen LogP contribution in [0.4, 0.5) is 0 Å². The SMILES string of the molecule is COCCn1c(C)cc2c(c1=O)[C@H](c1ccc3c(c1)OCO3)C(C#N)=C(N)O2. The van der Waals surface area contributed by atoms with Gasteiger partial charge in [0.15, 0.2) is 11.5 Å². The van der Waals surface area contributed by atoms with Gasteiger partial charge in [-0.3, -0.25) is 4.79 Å². The van der Waals surface area contributed by atoms with Crippen LogP contribution in [0, 0.1) is 18.3 Å². The molecule has 0 saturated carbocycles. The molecule has 8 nitrogen and oxygen atoms in total. The summed E-state index contributed by atoms with van der Waals surface area (Å²) in [6.07, 6.45) is 0. The summed E-state index contributed by atoms with van der Waals surface area (Å²) in [5.74, 6) is 0.868. The maximum absolute atomic E-state index is 13.3. The number of nitrogens with two attached hydrogens (primary N) is 1. The van der Waals surface area contributed by atoms with Gasteiger partial charge in [-0.2, -0.15) is 5.26 Å². The van der Waals surface area contributed by atoms with Crippen molar-refractivity contribution in [1.82, 2.24) is 4.57 Å². The molecule has 0 amide bonds. The van der Waals surface area contributed by atoms with Crippen molar-refractivity contribution in [3.8, 4) is 23.3 Å². The van der Waals surface area contributed by atoms with Crippen LogP contribution in [0.3, 0.4) is 0 Å². The number of nitriles is 1. The Hall–Kier alpha value is -3.44. The van der Waals surface area contributed by atoms with Gasteiger partial charge in [0.1, 0.15) is 17.4 Å². The minimum atomic E-state index is -0.662. The summed E-state index contributed by atoms with van der Waals surface area (Å²) in [7, 11) is 1.58. The first-order chi connectivity index (χ1) is 13.5. The molecule has 0 unspecified atom stereocenters. The third kappa shape index (κ3) is 2.77. The lowest BCUT2D eigenvalue weighted by Gasteiger charge is -2.27. The number of nitrogens with zero attached hydrogens (tertiary/aromatic N) is 2. The summed E-state index contributed by atoms with van der Waals surface area (Å²) in [5.41, 5.74) is 7.75. The second kappa shape index (κ2) is 6.94. The number of allylic oxidation sites excluding steroid dienone is 1. The molecule has 2 N–H and O–H groups in total. The molecule has 1 aromatic carbocycles. The quantitative estimate of drug-likeness (QED) is 0.859. The van der Waals surface area contributed by atoms with Gasteiger partial charge in [0.2, 0.25) is 12.7 Å². The van der Waals surface area contributed by atoms with Crippen molar-refractivity contribution in [3.63, 3.8) is 0 Å². The van der Waals surface area contributed by atoms with Gasteiger partial charge in [-0.15, -0.1) is 0 Å². The van der Waals surface area contributed by atoms with Crippen LogP contribution in [0.1, 0.15) is 22.7 Å². The molecular weight excluding hydrogens is 362 g/mol. The molecule has 0 aliphatic carbocycles. The zero-order chi connectivity index (χ0) is 19.8. The molecule has 3 heterocycles. The van der Waals surface area contributed by atoms with Gasteiger partial charge in [0.25, 0.3) is 5.56 Å². The van der Waals surface area contributed by atoms with E-state index in [1.54, 1.807) is 35.9 Å². The van der Waals surface area contributed by atoms with E-state index >= 15 is 0 Å². The minimum Gasteiger partial charge on any atom is -0.454 e. The van der Waals surface area contributed by atoms with E-state index < -0.39 is 5.92 Å². The lowest BCUT2D eigenvalue weighted by atomic mass is 9.84. The molecule has 0 bridgehead atoms. The lowest BCUT2D eigenvalue weighted by molar-refractivity contribution is 0.174. The van der Waals surface area contributed by atoms with Crippen molar-refractivity contribution in [3.05, 3.63) is 62.9 Å². The van der Waals surface area contributed by atoms with Crippen LogP contribution in [0.25, 0.3) is 0 Å². The summed E-state index contributed by atoms with van der Waals surface area (Å²) in [6, 6.07) is 9.19. The Balaban J connectivity index is 1.93. The molecule has 0 spiro atoms. The van der Waals surface area contributed by atoms with E-state index in [1.165, 1.54) is 0 Å². The Morgan fingerprint density at radius 2 is 2.07 bits per heavy atom. The number of fused-ring (bicyclic) bond motifs is 2. The Kier molecular flexibility index (Phi) is 4.45. The van der Waals surface area contributed by atoms with Crippen LogP contribution >= 0.6 is 0 Å². The Morgan fingerprint density at radius 3 is 2.82 bits per heavy atom. The number of benzene rings is 1. The Bertz CT molecular complexity index is 1080. The Labute approximate surface area is 161 Å². The lowest BCUT2D eigenvalue weighted by Crippen LogP contribution is -2.33. The minimum absolute atomic E-state index is 0.00823. The monoisotopic (exact) mass is 381 g/mol. The number of hydrogen-bond donors (Lipinski definition) is 1. The first-order valence-corrected chi connectivity index (χ1v) is 8.75. The van der Waals surface area contributed by atoms with E-state index in [2.05, 4.69) is 6.07 Å². The topological polar surface area (TPSA) is 109 Å². The fraction of sp³-hybridized carbons (Fsp3) is 0.300. The van der Waals surface area contributed by atoms with Crippen molar-refractivity contribution < 1.29 is 18.9 Å². The van der Waals surface area contributed by atoms with E-state index in [0.29, 0.717) is 41.5 Å². The predicted molar refractivity (Wildman–Crippen MR) is 99.2 cm³/mol. The van der Waals surface area contributed by atoms with Crippen LogP contribution in [-0.2, 0) is 11.3 Å². The number of aromatic nitrogens is 1. The van der Waals surface area contributed by atoms with E-state index in [9.17, 15) is 10.1 Å². The van der Waals surface area contributed by atoms with Crippen molar-refractivity contribution in [2.45, 2.75) is 19.4 Å². The fourth-order valence-electron chi connectivity index (χ4n) is 3.57. The highest BCUT2D eigenvalue weighted by atomic mass is 16.7. The van der Waals surface area contributed by atoms with Crippen LogP contribution in [-0.4, -0.2) is 25.1 Å². The fourth-order valence-corrected chi connectivity index (χ4v) is 3.57. The third-order valence-corrected chi connectivity index (χ3v) is 4.94. The normalized spacial score (nSPS) is 17.1. The maximum Gasteiger partial charge on any atom is 0.258 e. The average molecular weight is 381 g/mol. The molecule has 1 aromatic heterocycles. The smallest absolute Gasteiger partial charge is 0.258 e. The molecule has 2 aliphatic heterocycles. The zero-order valence-electron chi connectivity index (χ0n) is 15.5. The van der Waals surface area contributed by atoms with Crippen molar-refractivity contribution in [2.24, 2.45) is 5.73 Å². The van der Waals surface area contributed by atoms with Gasteiger partial charge in [0.05, 0.1) is 18.1 Å². The molecule has 1 atom stereocenters. The highest BCUT2D eigenvalue weighted by Gasteiger charge is 2.35. The number of pyridine rings is 1. The largest absolute Gasteiger partial charge is 0.454 e. The molecular formula is C20H19N3O5. The van der Waals surface area contributed by atoms with Gasteiger partial charge < -0.3 is 29.2 Å². The van der Waals surface area contributed by atoms with Gasteiger partial charge >= 0.3 is 0 Å². The average Bonchev–Trinajstić information content (AvgIpc) is 3.14. The van der Waals surface area contributed by atoms with E-state index in [-0.39, 0.29) is 23.8 Å². The molecule has 4 rings (SSSR count). The second-order valence-corrected chi connectivity index (χ2v) is 6.55. The van der Waals surface area contributed by atoms with Crippen LogP contribution in [0.15, 0.2) is 40.5 Å².